The molecule has 0 saturated heterocycles. The van der Waals surface area contributed by atoms with Gasteiger partial charge in [-0.1, -0.05) is 111 Å². The van der Waals surface area contributed by atoms with E-state index in [0.717, 1.165) is 39.0 Å². The normalized spacial score (nSPS) is 13.5. The van der Waals surface area contributed by atoms with Gasteiger partial charge >= 0.3 is 0 Å². The lowest BCUT2D eigenvalue weighted by molar-refractivity contribution is 0.661. The summed E-state index contributed by atoms with van der Waals surface area (Å²) in [7, 11) is 0. The number of aromatic nitrogens is 3. The van der Waals surface area contributed by atoms with E-state index in [-0.39, 0.29) is 5.41 Å². The topological polar surface area (TPSA) is 43.9 Å². The van der Waals surface area contributed by atoms with Crippen LogP contribution < -0.4 is 0 Å². The maximum Gasteiger partial charge on any atom is 0.180 e. The number of benzene rings is 6. The highest BCUT2D eigenvalue weighted by atomic mass is 16.3. The fourth-order valence-electron chi connectivity index (χ4n) is 7.71. The van der Waals surface area contributed by atoms with Crippen molar-refractivity contribution in [1.82, 2.24) is 14.5 Å². The molecule has 0 atom stereocenters. The van der Waals surface area contributed by atoms with Gasteiger partial charge in [0.15, 0.2) is 11.4 Å². The third-order valence-electron chi connectivity index (χ3n) is 10.0. The van der Waals surface area contributed by atoms with E-state index in [4.69, 9.17) is 14.4 Å². The molecule has 0 bridgehead atoms. The van der Waals surface area contributed by atoms with E-state index in [2.05, 4.69) is 122 Å². The number of furan rings is 1. The minimum Gasteiger partial charge on any atom is -0.452 e. The molecule has 0 N–H and O–H groups in total. The summed E-state index contributed by atoms with van der Waals surface area (Å²) in [5, 5.41) is 3.51. The van der Waals surface area contributed by atoms with E-state index >= 15 is 0 Å². The van der Waals surface area contributed by atoms with Crippen LogP contribution in [0.15, 0.2) is 144 Å². The van der Waals surface area contributed by atoms with E-state index in [9.17, 15) is 0 Å². The molecule has 0 amide bonds. The molecule has 0 saturated carbocycles. The van der Waals surface area contributed by atoms with Gasteiger partial charge in [0, 0.05) is 38.4 Å². The maximum atomic E-state index is 6.41. The van der Waals surface area contributed by atoms with Crippen molar-refractivity contribution in [3.05, 3.63) is 151 Å². The third kappa shape index (κ3) is 3.70. The molecule has 0 aliphatic heterocycles. The van der Waals surface area contributed by atoms with Gasteiger partial charge < -0.3 is 8.98 Å². The van der Waals surface area contributed by atoms with Crippen LogP contribution in [0.2, 0.25) is 0 Å². The second-order valence-electron chi connectivity index (χ2n) is 13.0. The first-order valence-electron chi connectivity index (χ1n) is 16.1. The number of hydrogen-bond acceptors (Lipinski definition) is 3. The summed E-state index contributed by atoms with van der Waals surface area (Å²) in [6.45, 7) is 4.69. The van der Waals surface area contributed by atoms with Gasteiger partial charge in [0.05, 0.1) is 11.0 Å². The molecule has 6 aromatic carbocycles. The molecule has 0 fully saturated rings. The molecule has 1 aliphatic carbocycles. The zero-order valence-electron chi connectivity index (χ0n) is 26.0. The Balaban J connectivity index is 1.18. The summed E-state index contributed by atoms with van der Waals surface area (Å²) in [5.41, 5.74) is 13.9. The van der Waals surface area contributed by atoms with Crippen LogP contribution in [-0.2, 0) is 5.41 Å². The lowest BCUT2D eigenvalue weighted by Gasteiger charge is -2.21. The Kier molecular flexibility index (Phi) is 5.31. The molecule has 0 unspecified atom stereocenters. The highest BCUT2D eigenvalue weighted by Gasteiger charge is 2.36. The Morgan fingerprint density at radius 2 is 1.28 bits per heavy atom. The summed E-state index contributed by atoms with van der Waals surface area (Å²) >= 11 is 0. The van der Waals surface area contributed by atoms with Gasteiger partial charge in [-0.15, -0.1) is 0 Å². The van der Waals surface area contributed by atoms with Gasteiger partial charge in [-0.2, -0.15) is 0 Å². The van der Waals surface area contributed by atoms with Gasteiger partial charge in [0.25, 0.3) is 0 Å². The zero-order chi connectivity index (χ0) is 31.3. The number of hydrogen-bond donors (Lipinski definition) is 0. The fourth-order valence-corrected chi connectivity index (χ4v) is 7.71. The van der Waals surface area contributed by atoms with Crippen molar-refractivity contribution in [1.29, 1.82) is 0 Å². The van der Waals surface area contributed by atoms with Crippen LogP contribution in [-0.4, -0.2) is 14.5 Å². The summed E-state index contributed by atoms with van der Waals surface area (Å²) in [5.74, 6) is 0.684. The van der Waals surface area contributed by atoms with Gasteiger partial charge in [-0.05, 0) is 64.7 Å². The minimum absolute atomic E-state index is 0.0767. The van der Waals surface area contributed by atoms with E-state index < -0.39 is 0 Å². The zero-order valence-corrected chi connectivity index (χ0v) is 26.0. The lowest BCUT2D eigenvalue weighted by Crippen LogP contribution is -2.14. The largest absolute Gasteiger partial charge is 0.452 e. The van der Waals surface area contributed by atoms with Crippen molar-refractivity contribution in [2.45, 2.75) is 19.3 Å². The molecule has 222 valence electrons. The van der Waals surface area contributed by atoms with Crippen LogP contribution in [0.25, 0.3) is 83.3 Å². The predicted molar refractivity (Wildman–Crippen MR) is 192 cm³/mol. The van der Waals surface area contributed by atoms with Gasteiger partial charge in [0.2, 0.25) is 0 Å². The average molecular weight is 604 g/mol. The highest BCUT2D eigenvalue weighted by molar-refractivity contribution is 6.12. The first-order valence-corrected chi connectivity index (χ1v) is 16.1. The smallest absolute Gasteiger partial charge is 0.180 e. The highest BCUT2D eigenvalue weighted by Crippen LogP contribution is 2.51. The molecule has 10 rings (SSSR count). The Morgan fingerprint density at radius 3 is 2.13 bits per heavy atom. The van der Waals surface area contributed by atoms with Crippen LogP contribution >= 0.6 is 0 Å². The molecule has 4 heteroatoms. The Labute approximate surface area is 271 Å². The van der Waals surface area contributed by atoms with E-state index in [1.54, 1.807) is 0 Å². The van der Waals surface area contributed by atoms with Crippen molar-refractivity contribution < 1.29 is 4.42 Å². The van der Waals surface area contributed by atoms with Crippen LogP contribution in [0.5, 0.6) is 0 Å². The molecular formula is C43H29N3O. The monoisotopic (exact) mass is 603 g/mol. The third-order valence-corrected chi connectivity index (χ3v) is 10.0. The van der Waals surface area contributed by atoms with Crippen LogP contribution in [0.4, 0.5) is 0 Å². The molecule has 1 aliphatic rings. The number of rotatable bonds is 3. The molecule has 3 aromatic heterocycles. The molecular weight excluding hydrogens is 574 g/mol. The van der Waals surface area contributed by atoms with Crippen molar-refractivity contribution >= 4 is 43.9 Å². The lowest BCUT2D eigenvalue weighted by atomic mass is 9.82. The Hall–Kier alpha value is -6.00. The Morgan fingerprint density at radius 1 is 0.553 bits per heavy atom. The summed E-state index contributed by atoms with van der Waals surface area (Å²) in [4.78, 5) is 10.1. The van der Waals surface area contributed by atoms with E-state index in [1.807, 2.05) is 36.4 Å². The van der Waals surface area contributed by atoms with Crippen LogP contribution in [0, 0.1) is 0 Å². The van der Waals surface area contributed by atoms with Crippen LogP contribution in [0.3, 0.4) is 0 Å². The summed E-state index contributed by atoms with van der Waals surface area (Å²) < 4.78 is 8.81. The number of fused-ring (bicyclic) bond motifs is 9. The first-order chi connectivity index (χ1) is 23.1. The van der Waals surface area contributed by atoms with E-state index in [1.165, 1.54) is 44.1 Å². The molecule has 4 nitrogen and oxygen atoms in total. The van der Waals surface area contributed by atoms with Crippen molar-refractivity contribution in [3.8, 4) is 39.5 Å². The molecule has 0 spiro atoms. The number of nitrogens with zero attached hydrogens (tertiary/aromatic N) is 3. The standard InChI is InChI=1S/C43H29N3O/c1-43(2)34-17-9-6-14-29(34)32-24-33-30-15-7-10-18-36(30)46(37(33)25-35(32)43)28-22-20-26(21-23-28)39-41-40(31-16-8-11-19-38(31)47-41)45-42(44-39)27-12-4-3-5-13-27/h3-25H,1-2H3. The average Bonchev–Trinajstić information content (AvgIpc) is 3.73. The van der Waals surface area contributed by atoms with Gasteiger partial charge in [-0.25, -0.2) is 9.97 Å². The molecule has 0 radical (unpaired) electrons. The van der Waals surface area contributed by atoms with Crippen molar-refractivity contribution in [2.75, 3.05) is 0 Å². The molecule has 9 aromatic rings. The molecule has 3 heterocycles. The summed E-state index contributed by atoms with van der Waals surface area (Å²) in [6, 6.07) is 49.4. The Bertz CT molecular complexity index is 2700. The number of para-hydroxylation sites is 2. The van der Waals surface area contributed by atoms with Gasteiger partial charge in [0.1, 0.15) is 16.8 Å². The summed E-state index contributed by atoms with van der Waals surface area (Å²) in [6.07, 6.45) is 0. The van der Waals surface area contributed by atoms with Crippen LogP contribution in [0.1, 0.15) is 25.0 Å². The second-order valence-corrected chi connectivity index (χ2v) is 13.0. The van der Waals surface area contributed by atoms with Crippen molar-refractivity contribution in [2.24, 2.45) is 0 Å². The SMILES string of the molecule is CC1(C)c2ccccc2-c2cc3c4ccccc4n(-c4ccc(-c5nc(-c6ccccc6)nc6c5oc5ccccc56)cc4)c3cc21. The van der Waals surface area contributed by atoms with Crippen molar-refractivity contribution in [3.63, 3.8) is 0 Å². The van der Waals surface area contributed by atoms with E-state index in [0.29, 0.717) is 11.4 Å². The predicted octanol–water partition coefficient (Wildman–Crippen LogP) is 11.1. The van der Waals surface area contributed by atoms with Gasteiger partial charge in [-0.3, -0.25) is 0 Å². The fraction of sp³-hybridized carbons (Fsp3) is 0.0698. The minimum atomic E-state index is -0.0767. The quantitative estimate of drug-likeness (QED) is 0.202. The molecule has 47 heavy (non-hydrogen) atoms. The first kappa shape index (κ1) is 26.2. The second kappa shape index (κ2) is 9.51. The maximum absolute atomic E-state index is 6.41.